The van der Waals surface area contributed by atoms with Crippen LogP contribution in [-0.4, -0.2) is 49.4 Å². The van der Waals surface area contributed by atoms with E-state index in [0.717, 1.165) is 13.1 Å². The van der Waals surface area contributed by atoms with Crippen LogP contribution in [0.1, 0.15) is 24.2 Å². The van der Waals surface area contributed by atoms with Crippen molar-refractivity contribution in [2.75, 3.05) is 38.0 Å². The number of carbonyl (C=O) groups excluding carboxylic acids is 2. The largest absolute Gasteiger partial charge is 0.336 e. The van der Waals surface area contributed by atoms with Gasteiger partial charge in [-0.2, -0.15) is 0 Å². The maximum absolute atomic E-state index is 12.4. The molecule has 0 saturated carbocycles. The molecule has 0 atom stereocenters. The molecule has 0 bridgehead atoms. The lowest BCUT2D eigenvalue weighted by atomic mass is 10.1. The van der Waals surface area contributed by atoms with Crippen molar-refractivity contribution in [2.45, 2.75) is 13.8 Å². The van der Waals surface area contributed by atoms with Gasteiger partial charge in [0.2, 0.25) is 5.91 Å². The summed E-state index contributed by atoms with van der Waals surface area (Å²) in [5, 5.41) is 5.87. The Morgan fingerprint density at radius 2 is 1.86 bits per heavy atom. The van der Waals surface area contributed by atoms with Gasteiger partial charge in [-0.05, 0) is 30.8 Å². The molecule has 0 saturated heterocycles. The number of hydrogen-bond donors (Lipinski definition) is 3. The van der Waals surface area contributed by atoms with Crippen LogP contribution >= 0.6 is 0 Å². The van der Waals surface area contributed by atoms with Gasteiger partial charge in [-0.3, -0.25) is 9.59 Å². The van der Waals surface area contributed by atoms with Crippen LogP contribution in [0.3, 0.4) is 0 Å². The SMILES string of the molecule is CCNCCN(CCN)C(=O)c1ccc(NC(C)=O)cc1. The van der Waals surface area contributed by atoms with Crippen molar-refractivity contribution >= 4 is 17.5 Å². The molecule has 0 spiro atoms. The number of likely N-dealkylation sites (N-methyl/N-ethyl adjacent to an activating group) is 1. The summed E-state index contributed by atoms with van der Waals surface area (Å²) in [4.78, 5) is 25.1. The zero-order valence-electron chi connectivity index (χ0n) is 12.7. The van der Waals surface area contributed by atoms with E-state index < -0.39 is 0 Å². The monoisotopic (exact) mass is 292 g/mol. The first-order chi connectivity index (χ1) is 10.1. The van der Waals surface area contributed by atoms with Crippen LogP contribution < -0.4 is 16.4 Å². The van der Waals surface area contributed by atoms with Crippen molar-refractivity contribution in [3.05, 3.63) is 29.8 Å². The maximum Gasteiger partial charge on any atom is 0.253 e. The van der Waals surface area contributed by atoms with E-state index in [-0.39, 0.29) is 11.8 Å². The number of amides is 2. The second kappa shape index (κ2) is 9.10. The first-order valence-corrected chi connectivity index (χ1v) is 7.16. The molecule has 0 fully saturated rings. The van der Waals surface area contributed by atoms with Gasteiger partial charge in [0.15, 0.2) is 0 Å². The summed E-state index contributed by atoms with van der Waals surface area (Å²) in [5.41, 5.74) is 6.84. The van der Waals surface area contributed by atoms with Crippen LogP contribution in [0.4, 0.5) is 5.69 Å². The second-order valence-electron chi connectivity index (χ2n) is 4.69. The fourth-order valence-corrected chi connectivity index (χ4v) is 1.94. The molecular weight excluding hydrogens is 268 g/mol. The molecule has 116 valence electrons. The highest BCUT2D eigenvalue weighted by Gasteiger charge is 2.14. The van der Waals surface area contributed by atoms with Gasteiger partial charge < -0.3 is 21.3 Å². The first kappa shape index (κ1) is 17.1. The minimum absolute atomic E-state index is 0.0484. The summed E-state index contributed by atoms with van der Waals surface area (Å²) in [6.07, 6.45) is 0. The van der Waals surface area contributed by atoms with Crippen LogP contribution in [0.25, 0.3) is 0 Å². The van der Waals surface area contributed by atoms with Crippen molar-refractivity contribution in [1.29, 1.82) is 0 Å². The Hall–Kier alpha value is -1.92. The van der Waals surface area contributed by atoms with E-state index >= 15 is 0 Å². The number of rotatable bonds is 8. The Morgan fingerprint density at radius 3 is 2.38 bits per heavy atom. The molecular formula is C15H24N4O2. The van der Waals surface area contributed by atoms with Crippen LogP contribution in [0.15, 0.2) is 24.3 Å². The molecule has 0 radical (unpaired) electrons. The topological polar surface area (TPSA) is 87.5 Å². The summed E-state index contributed by atoms with van der Waals surface area (Å²) >= 11 is 0. The van der Waals surface area contributed by atoms with Crippen molar-refractivity contribution in [3.8, 4) is 0 Å². The Morgan fingerprint density at radius 1 is 1.19 bits per heavy atom. The Labute approximate surface area is 125 Å². The Balaban J connectivity index is 2.71. The zero-order valence-corrected chi connectivity index (χ0v) is 12.7. The van der Waals surface area contributed by atoms with Gasteiger partial charge in [0, 0.05) is 44.4 Å². The normalized spacial score (nSPS) is 10.2. The first-order valence-electron chi connectivity index (χ1n) is 7.16. The second-order valence-corrected chi connectivity index (χ2v) is 4.69. The summed E-state index contributed by atoms with van der Waals surface area (Å²) in [7, 11) is 0. The van der Waals surface area contributed by atoms with Crippen LogP contribution in [0.5, 0.6) is 0 Å². The van der Waals surface area contributed by atoms with E-state index in [9.17, 15) is 9.59 Å². The lowest BCUT2D eigenvalue weighted by Crippen LogP contribution is -2.39. The fourth-order valence-electron chi connectivity index (χ4n) is 1.94. The molecule has 6 nitrogen and oxygen atoms in total. The predicted octanol–water partition coefficient (Wildman–Crippen LogP) is 0.655. The van der Waals surface area contributed by atoms with Gasteiger partial charge in [-0.15, -0.1) is 0 Å². The highest BCUT2D eigenvalue weighted by Crippen LogP contribution is 2.11. The van der Waals surface area contributed by atoms with Gasteiger partial charge in [-0.25, -0.2) is 0 Å². The number of benzene rings is 1. The smallest absolute Gasteiger partial charge is 0.253 e. The lowest BCUT2D eigenvalue weighted by molar-refractivity contribution is -0.114. The third-order valence-corrected chi connectivity index (χ3v) is 2.95. The van der Waals surface area contributed by atoms with Gasteiger partial charge in [0.25, 0.3) is 5.91 Å². The molecule has 1 rings (SSSR count). The minimum atomic E-state index is -0.135. The van der Waals surface area contributed by atoms with Crippen LogP contribution in [0.2, 0.25) is 0 Å². The van der Waals surface area contributed by atoms with E-state index in [1.165, 1.54) is 6.92 Å². The van der Waals surface area contributed by atoms with Crippen molar-refractivity contribution in [3.63, 3.8) is 0 Å². The Bertz CT molecular complexity index is 459. The number of carbonyl (C=O) groups is 2. The van der Waals surface area contributed by atoms with E-state index in [1.54, 1.807) is 29.2 Å². The highest BCUT2D eigenvalue weighted by atomic mass is 16.2. The summed E-state index contributed by atoms with van der Waals surface area (Å²) in [6, 6.07) is 6.87. The van der Waals surface area contributed by atoms with E-state index in [2.05, 4.69) is 10.6 Å². The molecule has 2 amide bonds. The quantitative estimate of drug-likeness (QED) is 0.614. The van der Waals surface area contributed by atoms with Crippen molar-refractivity contribution < 1.29 is 9.59 Å². The molecule has 1 aromatic rings. The van der Waals surface area contributed by atoms with Gasteiger partial charge >= 0.3 is 0 Å². The van der Waals surface area contributed by atoms with E-state index in [4.69, 9.17) is 5.73 Å². The molecule has 0 aliphatic rings. The predicted molar refractivity (Wildman–Crippen MR) is 84.2 cm³/mol. The molecule has 6 heteroatoms. The molecule has 0 heterocycles. The van der Waals surface area contributed by atoms with Gasteiger partial charge in [0.1, 0.15) is 0 Å². The highest BCUT2D eigenvalue weighted by molar-refractivity contribution is 5.95. The average Bonchev–Trinajstić information content (AvgIpc) is 2.46. The summed E-state index contributed by atoms with van der Waals surface area (Å²) < 4.78 is 0. The fraction of sp³-hybridized carbons (Fsp3) is 0.467. The molecule has 1 aromatic carbocycles. The molecule has 0 unspecified atom stereocenters. The van der Waals surface area contributed by atoms with Crippen LogP contribution in [0, 0.1) is 0 Å². The maximum atomic E-state index is 12.4. The standard InChI is InChI=1S/C15H24N4O2/c1-3-17-9-11-19(10-8-16)15(21)13-4-6-14(7-5-13)18-12(2)20/h4-7,17H,3,8-11,16H2,1-2H3,(H,18,20). The van der Waals surface area contributed by atoms with Gasteiger partial charge in [0.05, 0.1) is 0 Å². The third-order valence-electron chi connectivity index (χ3n) is 2.95. The summed E-state index contributed by atoms with van der Waals surface area (Å²) in [6.45, 7) is 6.66. The number of hydrogen-bond acceptors (Lipinski definition) is 4. The zero-order chi connectivity index (χ0) is 15.7. The number of nitrogens with two attached hydrogens (primary N) is 1. The number of nitrogens with one attached hydrogen (secondary N) is 2. The molecule has 21 heavy (non-hydrogen) atoms. The van der Waals surface area contributed by atoms with Crippen molar-refractivity contribution in [2.24, 2.45) is 5.73 Å². The molecule has 0 aliphatic heterocycles. The van der Waals surface area contributed by atoms with E-state index in [1.807, 2.05) is 6.92 Å². The molecule has 0 aromatic heterocycles. The van der Waals surface area contributed by atoms with Crippen LogP contribution in [-0.2, 0) is 4.79 Å². The van der Waals surface area contributed by atoms with E-state index in [0.29, 0.717) is 30.9 Å². The summed E-state index contributed by atoms with van der Waals surface area (Å²) in [5.74, 6) is -0.183. The lowest BCUT2D eigenvalue weighted by Gasteiger charge is -2.22. The third kappa shape index (κ3) is 5.93. The average molecular weight is 292 g/mol. The minimum Gasteiger partial charge on any atom is -0.336 e. The Kier molecular flexibility index (Phi) is 7.42. The number of nitrogens with zero attached hydrogens (tertiary/aromatic N) is 1. The number of anilines is 1. The molecule has 4 N–H and O–H groups in total. The van der Waals surface area contributed by atoms with Gasteiger partial charge in [-0.1, -0.05) is 6.92 Å². The molecule has 0 aliphatic carbocycles. The van der Waals surface area contributed by atoms with Crippen molar-refractivity contribution in [1.82, 2.24) is 10.2 Å².